The van der Waals surface area contributed by atoms with Crippen LogP contribution in [0.5, 0.6) is 0 Å². The number of carbonyl (C=O) groups is 3. The summed E-state index contributed by atoms with van der Waals surface area (Å²) in [6.07, 6.45) is 0.283. The molecule has 1 saturated heterocycles. The number of ketones is 1. The monoisotopic (exact) mass is 511 g/mol. The summed E-state index contributed by atoms with van der Waals surface area (Å²) >= 11 is 0. The molecule has 1 aliphatic heterocycles. The molecular formula is C25H37NO8S. The summed E-state index contributed by atoms with van der Waals surface area (Å²) in [5.74, 6) is -0.857. The van der Waals surface area contributed by atoms with Crippen LogP contribution in [-0.2, 0) is 24.1 Å². The third-order valence-electron chi connectivity index (χ3n) is 9.91. The lowest BCUT2D eigenvalue weighted by atomic mass is 9.44. The van der Waals surface area contributed by atoms with Crippen LogP contribution in [0.3, 0.4) is 0 Å². The second kappa shape index (κ2) is 8.57. The number of amides is 2. The Morgan fingerprint density at radius 2 is 1.77 bits per heavy atom. The Morgan fingerprint density at radius 1 is 1.14 bits per heavy atom. The molecule has 0 spiro atoms. The molecule has 2 amide bonds. The number of alkyl carbamates (subject to hydrolysis) is 2. The van der Waals surface area contributed by atoms with Crippen molar-refractivity contribution in [3.05, 3.63) is 12.7 Å². The Morgan fingerprint density at radius 3 is 2.37 bits per heavy atom. The van der Waals surface area contributed by atoms with Crippen molar-refractivity contribution in [3.8, 4) is 0 Å². The standard InChI is InChI=1S/C25H37NO8S/c1-6-23(4)11-18(34-22(30)26-21(29)33-16-12-35(31,32)13-16)24(5)14(2)7-9-25(15(3)20(23)28)10-8-17(27)19(24)25/h6,14-16,18-20,28H,1,7-13H2,2-5H3,(H,26,29,30)/t14?,15-,18+,19-,20-,23+,24+,25-/m0/s1. The summed E-state index contributed by atoms with van der Waals surface area (Å²) in [5, 5.41) is 13.5. The van der Waals surface area contributed by atoms with E-state index in [1.54, 1.807) is 6.08 Å². The van der Waals surface area contributed by atoms with E-state index < -0.39 is 56.6 Å². The van der Waals surface area contributed by atoms with Gasteiger partial charge in [0.25, 0.3) is 0 Å². The number of hydrogen-bond acceptors (Lipinski definition) is 8. The van der Waals surface area contributed by atoms with Crippen molar-refractivity contribution in [2.75, 3.05) is 11.5 Å². The second-order valence-electron chi connectivity index (χ2n) is 11.7. The van der Waals surface area contributed by atoms with E-state index in [-0.39, 0.29) is 41.5 Å². The normalized spacial score (nSPS) is 44.7. The van der Waals surface area contributed by atoms with Gasteiger partial charge in [-0.05, 0) is 42.9 Å². The smallest absolute Gasteiger partial charge is 0.416 e. The molecule has 0 aromatic heterocycles. The van der Waals surface area contributed by atoms with Gasteiger partial charge < -0.3 is 14.6 Å². The number of sulfone groups is 1. The number of carbonyl (C=O) groups excluding carboxylic acids is 3. The zero-order chi connectivity index (χ0) is 26.0. The number of nitrogens with one attached hydrogen (secondary N) is 1. The first-order chi connectivity index (χ1) is 16.2. The van der Waals surface area contributed by atoms with Crippen LogP contribution in [0.4, 0.5) is 9.59 Å². The topological polar surface area (TPSA) is 136 Å². The molecule has 1 heterocycles. The molecule has 2 N–H and O–H groups in total. The van der Waals surface area contributed by atoms with Crippen LogP contribution < -0.4 is 5.32 Å². The van der Waals surface area contributed by atoms with Gasteiger partial charge in [-0.3, -0.25) is 4.79 Å². The van der Waals surface area contributed by atoms with Crippen LogP contribution >= 0.6 is 0 Å². The maximum Gasteiger partial charge on any atom is 0.416 e. The zero-order valence-corrected chi connectivity index (χ0v) is 21.7. The van der Waals surface area contributed by atoms with E-state index in [1.165, 1.54) is 0 Å². The molecule has 1 unspecified atom stereocenters. The fourth-order valence-electron chi connectivity index (χ4n) is 7.51. The average molecular weight is 512 g/mol. The van der Waals surface area contributed by atoms with Gasteiger partial charge in [-0.15, -0.1) is 6.58 Å². The van der Waals surface area contributed by atoms with Crippen molar-refractivity contribution in [2.45, 2.75) is 78.1 Å². The Labute approximate surface area is 206 Å². The fraction of sp³-hybridized carbons (Fsp3) is 0.800. The van der Waals surface area contributed by atoms with Gasteiger partial charge in [-0.2, -0.15) is 0 Å². The van der Waals surface area contributed by atoms with Crippen molar-refractivity contribution in [2.24, 2.45) is 34.0 Å². The van der Waals surface area contributed by atoms with Gasteiger partial charge in [0.2, 0.25) is 0 Å². The van der Waals surface area contributed by atoms with Gasteiger partial charge in [0.05, 0.1) is 17.6 Å². The lowest BCUT2D eigenvalue weighted by molar-refractivity contribution is -0.191. The van der Waals surface area contributed by atoms with E-state index in [9.17, 15) is 27.9 Å². The zero-order valence-electron chi connectivity index (χ0n) is 20.9. The highest BCUT2D eigenvalue weighted by atomic mass is 32.2. The Bertz CT molecular complexity index is 1030. The quantitative estimate of drug-likeness (QED) is 0.552. The Balaban J connectivity index is 1.63. The first-order valence-electron chi connectivity index (χ1n) is 12.4. The second-order valence-corrected chi connectivity index (χ2v) is 13.9. The van der Waals surface area contributed by atoms with Crippen molar-refractivity contribution in [1.82, 2.24) is 5.32 Å². The van der Waals surface area contributed by atoms with Gasteiger partial charge in [0, 0.05) is 23.2 Å². The third kappa shape index (κ3) is 4.10. The fourth-order valence-corrected chi connectivity index (χ4v) is 8.68. The molecule has 2 bridgehead atoms. The molecule has 0 aromatic rings. The highest BCUT2D eigenvalue weighted by molar-refractivity contribution is 7.92. The molecule has 4 fully saturated rings. The van der Waals surface area contributed by atoms with Gasteiger partial charge >= 0.3 is 12.2 Å². The first-order valence-corrected chi connectivity index (χ1v) is 14.2. The maximum absolute atomic E-state index is 13.4. The molecule has 10 heteroatoms. The summed E-state index contributed by atoms with van der Waals surface area (Å²) in [6.45, 7) is 12.0. The van der Waals surface area contributed by atoms with Crippen LogP contribution in [0.1, 0.15) is 59.8 Å². The number of imide groups is 1. The lowest BCUT2D eigenvalue weighted by Gasteiger charge is -2.61. The van der Waals surface area contributed by atoms with Crippen LogP contribution in [0.15, 0.2) is 12.7 Å². The van der Waals surface area contributed by atoms with Crippen molar-refractivity contribution >= 4 is 27.8 Å². The molecule has 196 valence electrons. The summed E-state index contributed by atoms with van der Waals surface area (Å²) in [4.78, 5) is 38.4. The predicted molar refractivity (Wildman–Crippen MR) is 127 cm³/mol. The minimum Gasteiger partial charge on any atom is -0.445 e. The largest absolute Gasteiger partial charge is 0.445 e. The van der Waals surface area contributed by atoms with Gasteiger partial charge in [0.1, 0.15) is 18.0 Å². The highest BCUT2D eigenvalue weighted by Gasteiger charge is 2.68. The van der Waals surface area contributed by atoms with Gasteiger partial charge in [0.15, 0.2) is 9.84 Å². The summed E-state index contributed by atoms with van der Waals surface area (Å²) in [5.41, 5.74) is -1.88. The molecule has 4 rings (SSSR count). The van der Waals surface area contributed by atoms with Crippen molar-refractivity contribution in [1.29, 1.82) is 0 Å². The Hall–Kier alpha value is -1.94. The maximum atomic E-state index is 13.4. The predicted octanol–water partition coefficient (Wildman–Crippen LogP) is 3.01. The molecule has 0 radical (unpaired) electrons. The van der Waals surface area contributed by atoms with E-state index >= 15 is 0 Å². The molecule has 4 aliphatic rings. The highest BCUT2D eigenvalue weighted by Crippen LogP contribution is 2.67. The molecular weight excluding hydrogens is 474 g/mol. The summed E-state index contributed by atoms with van der Waals surface area (Å²) < 4.78 is 33.5. The summed E-state index contributed by atoms with van der Waals surface area (Å²) in [7, 11) is -3.18. The van der Waals surface area contributed by atoms with Gasteiger partial charge in [-0.1, -0.05) is 33.8 Å². The van der Waals surface area contributed by atoms with E-state index in [0.29, 0.717) is 12.8 Å². The number of aliphatic hydroxyl groups excluding tert-OH is 1. The van der Waals surface area contributed by atoms with E-state index in [0.717, 1.165) is 12.8 Å². The van der Waals surface area contributed by atoms with Crippen LogP contribution in [0, 0.1) is 34.0 Å². The first kappa shape index (κ1) is 26.1. The van der Waals surface area contributed by atoms with Crippen LogP contribution in [-0.4, -0.2) is 61.3 Å². The van der Waals surface area contributed by atoms with E-state index in [4.69, 9.17) is 9.47 Å². The Kier molecular flexibility index (Phi) is 6.40. The van der Waals surface area contributed by atoms with Crippen molar-refractivity contribution in [3.63, 3.8) is 0 Å². The van der Waals surface area contributed by atoms with E-state index in [2.05, 4.69) is 13.5 Å². The SMILES string of the molecule is C=C[C@]1(C)C[C@@H](OC(=O)NC(=O)OC2CS(=O)(=O)C2)[C@@]2(C)C(C)CC[C@]3(CCC(=O)[C@H]32)[C@@H](C)[C@@H]1O. The van der Waals surface area contributed by atoms with Gasteiger partial charge in [-0.25, -0.2) is 23.3 Å². The number of aliphatic hydroxyl groups is 1. The van der Waals surface area contributed by atoms with Crippen LogP contribution in [0.25, 0.3) is 0 Å². The number of hydrogen-bond donors (Lipinski definition) is 2. The average Bonchev–Trinajstić information content (AvgIpc) is 3.11. The summed E-state index contributed by atoms with van der Waals surface area (Å²) in [6, 6.07) is 0. The minimum absolute atomic E-state index is 0.0594. The molecule has 0 aromatic carbocycles. The van der Waals surface area contributed by atoms with Crippen molar-refractivity contribution < 1.29 is 37.4 Å². The third-order valence-corrected chi connectivity index (χ3v) is 11.7. The number of rotatable bonds is 3. The minimum atomic E-state index is -3.18. The number of ether oxygens (including phenoxy) is 2. The lowest BCUT2D eigenvalue weighted by Crippen LogP contribution is -2.63. The van der Waals surface area contributed by atoms with Crippen LogP contribution in [0.2, 0.25) is 0 Å². The number of Topliss-reactive ketones (excluding diaryl/α,β-unsaturated/α-hetero) is 1. The molecule has 3 aliphatic carbocycles. The molecule has 8 atom stereocenters. The molecule has 9 nitrogen and oxygen atoms in total. The molecule has 3 saturated carbocycles. The van der Waals surface area contributed by atoms with E-state index in [1.807, 2.05) is 26.1 Å². The molecule has 35 heavy (non-hydrogen) atoms.